The van der Waals surface area contributed by atoms with Gasteiger partial charge >= 0.3 is 5.97 Å². The molecule has 4 heteroatoms. The number of carbonyl (C=O) groups is 1. The van der Waals surface area contributed by atoms with Gasteiger partial charge in [0.25, 0.3) is 0 Å². The van der Waals surface area contributed by atoms with E-state index in [1.807, 2.05) is 0 Å². The molecule has 1 N–H and O–H groups in total. The maximum Gasteiger partial charge on any atom is 0.310 e. The summed E-state index contributed by atoms with van der Waals surface area (Å²) in [5.41, 5.74) is -0.473. The maximum absolute atomic E-state index is 11.8. The zero-order chi connectivity index (χ0) is 14.2. The molecule has 20 heavy (non-hydrogen) atoms. The first kappa shape index (κ1) is 14.3. The molecule has 0 aromatic heterocycles. The molecule has 3 aliphatic rings. The van der Waals surface area contributed by atoms with Crippen LogP contribution < -0.4 is 0 Å². The lowest BCUT2D eigenvalue weighted by Crippen LogP contribution is -2.53. The van der Waals surface area contributed by atoms with Crippen LogP contribution in [-0.2, 0) is 4.79 Å². The van der Waals surface area contributed by atoms with Crippen molar-refractivity contribution in [2.45, 2.75) is 51.5 Å². The van der Waals surface area contributed by atoms with E-state index in [2.05, 4.69) is 16.7 Å². The molecule has 2 saturated carbocycles. The van der Waals surface area contributed by atoms with Crippen LogP contribution in [0.3, 0.4) is 0 Å². The molecular formula is C16H28N2O2. The van der Waals surface area contributed by atoms with Crippen molar-refractivity contribution in [2.75, 3.05) is 32.7 Å². The fourth-order valence-electron chi connectivity index (χ4n) is 4.22. The highest BCUT2D eigenvalue weighted by atomic mass is 16.4. The summed E-state index contributed by atoms with van der Waals surface area (Å²) in [6, 6.07) is 0.847. The van der Waals surface area contributed by atoms with Gasteiger partial charge in [-0.2, -0.15) is 0 Å². The van der Waals surface area contributed by atoms with Crippen LogP contribution in [0.1, 0.15) is 45.4 Å². The van der Waals surface area contributed by atoms with E-state index in [9.17, 15) is 9.90 Å². The predicted molar refractivity (Wildman–Crippen MR) is 78.7 cm³/mol. The van der Waals surface area contributed by atoms with Crippen LogP contribution in [0.4, 0.5) is 0 Å². The van der Waals surface area contributed by atoms with Gasteiger partial charge in [0.05, 0.1) is 5.41 Å². The number of carboxylic acids is 1. The van der Waals surface area contributed by atoms with Crippen LogP contribution in [0.25, 0.3) is 0 Å². The number of rotatable bonds is 4. The number of aliphatic carboxylic acids is 1. The molecule has 0 radical (unpaired) electrons. The smallest absolute Gasteiger partial charge is 0.310 e. The van der Waals surface area contributed by atoms with Crippen molar-refractivity contribution in [3.63, 3.8) is 0 Å². The third-order valence-electron chi connectivity index (χ3n) is 5.54. The molecule has 1 heterocycles. The highest BCUT2D eigenvalue weighted by molar-refractivity contribution is 5.75. The summed E-state index contributed by atoms with van der Waals surface area (Å²) in [5, 5.41) is 9.75. The Labute approximate surface area is 122 Å². The second kappa shape index (κ2) is 5.64. The first-order valence-corrected chi connectivity index (χ1v) is 8.29. The average Bonchev–Trinajstić information content (AvgIpc) is 3.24. The molecule has 0 aromatic rings. The number of hydrogen-bond acceptors (Lipinski definition) is 3. The van der Waals surface area contributed by atoms with E-state index in [1.54, 1.807) is 0 Å². The lowest BCUT2D eigenvalue weighted by atomic mass is 9.69. The van der Waals surface area contributed by atoms with E-state index in [0.717, 1.165) is 58.0 Å². The first-order chi connectivity index (χ1) is 9.59. The summed E-state index contributed by atoms with van der Waals surface area (Å²) in [6.45, 7) is 7.36. The molecule has 2 atom stereocenters. The second-order valence-electron chi connectivity index (χ2n) is 7.33. The summed E-state index contributed by atoms with van der Waals surface area (Å²) in [6.07, 6.45) is 6.76. The Kier molecular flexibility index (Phi) is 4.04. The van der Waals surface area contributed by atoms with Gasteiger partial charge < -0.3 is 5.11 Å². The van der Waals surface area contributed by atoms with Crippen LogP contribution in [0.2, 0.25) is 0 Å². The number of piperazine rings is 1. The van der Waals surface area contributed by atoms with Crippen molar-refractivity contribution in [2.24, 2.45) is 11.3 Å². The van der Waals surface area contributed by atoms with Gasteiger partial charge in [0.1, 0.15) is 0 Å². The first-order valence-electron chi connectivity index (χ1n) is 8.29. The van der Waals surface area contributed by atoms with Crippen LogP contribution in [0.5, 0.6) is 0 Å². The molecule has 0 amide bonds. The van der Waals surface area contributed by atoms with Gasteiger partial charge in [-0.1, -0.05) is 19.8 Å². The number of carboxylic acid groups (broad SMARTS) is 1. The average molecular weight is 280 g/mol. The van der Waals surface area contributed by atoms with Gasteiger partial charge in [-0.3, -0.25) is 14.6 Å². The van der Waals surface area contributed by atoms with Crippen LogP contribution in [-0.4, -0.2) is 59.6 Å². The Hall–Kier alpha value is -0.610. The van der Waals surface area contributed by atoms with Crippen molar-refractivity contribution >= 4 is 5.97 Å². The van der Waals surface area contributed by atoms with Gasteiger partial charge in [0.2, 0.25) is 0 Å². The van der Waals surface area contributed by atoms with E-state index < -0.39 is 11.4 Å². The molecule has 1 aliphatic heterocycles. The summed E-state index contributed by atoms with van der Waals surface area (Å²) >= 11 is 0. The Morgan fingerprint density at radius 2 is 1.90 bits per heavy atom. The molecule has 0 spiro atoms. The van der Waals surface area contributed by atoms with E-state index in [-0.39, 0.29) is 0 Å². The van der Waals surface area contributed by atoms with Crippen molar-refractivity contribution in [3.8, 4) is 0 Å². The van der Waals surface area contributed by atoms with E-state index in [4.69, 9.17) is 0 Å². The summed E-state index contributed by atoms with van der Waals surface area (Å²) in [7, 11) is 0. The topological polar surface area (TPSA) is 43.8 Å². The van der Waals surface area contributed by atoms with Gasteiger partial charge in [-0.15, -0.1) is 0 Å². The minimum absolute atomic E-state index is 0.473. The van der Waals surface area contributed by atoms with Gasteiger partial charge in [0, 0.05) is 38.8 Å². The van der Waals surface area contributed by atoms with Gasteiger partial charge in [-0.05, 0) is 31.6 Å². The molecular weight excluding hydrogens is 252 g/mol. The summed E-state index contributed by atoms with van der Waals surface area (Å²) in [4.78, 5) is 16.8. The third kappa shape index (κ3) is 3.01. The molecule has 2 aliphatic carbocycles. The lowest BCUT2D eigenvalue weighted by molar-refractivity contribution is -0.154. The quantitative estimate of drug-likeness (QED) is 0.856. The Morgan fingerprint density at radius 1 is 1.20 bits per heavy atom. The van der Waals surface area contributed by atoms with Crippen LogP contribution >= 0.6 is 0 Å². The highest BCUT2D eigenvalue weighted by Gasteiger charge is 2.43. The molecule has 4 nitrogen and oxygen atoms in total. The van der Waals surface area contributed by atoms with Crippen LogP contribution in [0, 0.1) is 11.3 Å². The summed E-state index contributed by atoms with van der Waals surface area (Å²) in [5.74, 6) is 0.00118. The Balaban J connectivity index is 1.58. The third-order valence-corrected chi connectivity index (χ3v) is 5.54. The van der Waals surface area contributed by atoms with E-state index >= 15 is 0 Å². The van der Waals surface area contributed by atoms with Crippen molar-refractivity contribution in [3.05, 3.63) is 0 Å². The number of hydrogen-bond donors (Lipinski definition) is 1. The molecule has 3 fully saturated rings. The van der Waals surface area contributed by atoms with Crippen molar-refractivity contribution in [1.29, 1.82) is 0 Å². The van der Waals surface area contributed by atoms with Crippen molar-refractivity contribution < 1.29 is 9.90 Å². The Morgan fingerprint density at radius 3 is 2.45 bits per heavy atom. The van der Waals surface area contributed by atoms with E-state index in [1.165, 1.54) is 19.3 Å². The Bertz CT molecular complexity index is 361. The standard InChI is InChI=1S/C16H28N2O2/c1-13-3-2-6-16(11-13,15(19)20)12-17-7-9-18(10-8-17)14-4-5-14/h13-14H,2-12H2,1H3,(H,19,20). The molecule has 0 aromatic carbocycles. The van der Waals surface area contributed by atoms with Gasteiger partial charge in [-0.25, -0.2) is 0 Å². The molecule has 0 bridgehead atoms. The highest BCUT2D eigenvalue weighted by Crippen LogP contribution is 2.40. The molecule has 2 unspecified atom stereocenters. The zero-order valence-electron chi connectivity index (χ0n) is 12.7. The monoisotopic (exact) mass is 280 g/mol. The normalized spacial score (nSPS) is 37.0. The molecule has 3 rings (SSSR count). The predicted octanol–water partition coefficient (Wildman–Crippen LogP) is 2.05. The SMILES string of the molecule is CC1CCCC(CN2CCN(C3CC3)CC2)(C(=O)O)C1. The van der Waals surface area contributed by atoms with Crippen molar-refractivity contribution in [1.82, 2.24) is 9.80 Å². The second-order valence-corrected chi connectivity index (χ2v) is 7.33. The summed E-state index contributed by atoms with van der Waals surface area (Å²) < 4.78 is 0. The fourth-order valence-corrected chi connectivity index (χ4v) is 4.22. The fraction of sp³-hybridized carbons (Fsp3) is 0.938. The molecule has 114 valence electrons. The molecule has 1 saturated heterocycles. The van der Waals surface area contributed by atoms with Crippen LogP contribution in [0.15, 0.2) is 0 Å². The minimum atomic E-state index is -0.561. The zero-order valence-corrected chi connectivity index (χ0v) is 12.7. The largest absolute Gasteiger partial charge is 0.481 e. The maximum atomic E-state index is 11.8. The van der Waals surface area contributed by atoms with E-state index in [0.29, 0.717) is 5.92 Å². The minimum Gasteiger partial charge on any atom is -0.481 e. The lowest BCUT2D eigenvalue weighted by Gasteiger charge is -2.43. The van der Waals surface area contributed by atoms with Gasteiger partial charge in [0.15, 0.2) is 0 Å². The number of nitrogens with zero attached hydrogens (tertiary/aromatic N) is 2.